The summed E-state index contributed by atoms with van der Waals surface area (Å²) < 4.78 is 2.06. The second kappa shape index (κ2) is 4.61. The van der Waals surface area contributed by atoms with Gasteiger partial charge in [0.15, 0.2) is 4.96 Å². The number of thiazole rings is 1. The lowest BCUT2D eigenvalue weighted by Crippen LogP contribution is -2.46. The van der Waals surface area contributed by atoms with E-state index in [4.69, 9.17) is 0 Å². The smallest absolute Gasteiger partial charge is 0.261 e. The van der Waals surface area contributed by atoms with E-state index in [2.05, 4.69) is 35.5 Å². The average Bonchev–Trinajstić information content (AvgIpc) is 3.25. The average molecular weight is 360 g/mol. The highest BCUT2D eigenvalue weighted by molar-refractivity contribution is 7.21. The molecule has 0 spiro atoms. The van der Waals surface area contributed by atoms with E-state index in [0.717, 1.165) is 32.5 Å². The van der Waals surface area contributed by atoms with Gasteiger partial charge >= 0.3 is 0 Å². The number of carbonyl (C=O) groups is 1. The third kappa shape index (κ3) is 1.73. The van der Waals surface area contributed by atoms with Gasteiger partial charge in [0, 0.05) is 17.6 Å². The van der Waals surface area contributed by atoms with Gasteiger partial charge in [0.1, 0.15) is 4.83 Å². The molecular formula is C18H21N3OS2. The molecule has 0 aromatic carbocycles. The zero-order chi connectivity index (χ0) is 16.7. The van der Waals surface area contributed by atoms with Crippen LogP contribution in [0, 0.1) is 16.7 Å². The lowest BCUT2D eigenvalue weighted by atomic mass is 9.69. The van der Waals surface area contributed by atoms with Gasteiger partial charge in [-0.15, -0.1) is 22.7 Å². The second-order valence-electron chi connectivity index (χ2n) is 8.10. The maximum absolute atomic E-state index is 12.8. The Balaban J connectivity index is 1.44. The minimum absolute atomic E-state index is 0.0663. The minimum Gasteiger partial charge on any atom is -0.348 e. The number of thiophene rings is 1. The van der Waals surface area contributed by atoms with Gasteiger partial charge in [-0.3, -0.25) is 9.20 Å². The third-order valence-electron chi connectivity index (χ3n) is 7.06. The zero-order valence-corrected chi connectivity index (χ0v) is 15.8. The number of rotatable bonds is 2. The monoisotopic (exact) mass is 359 g/mol. The van der Waals surface area contributed by atoms with Crippen molar-refractivity contribution in [2.45, 2.75) is 46.1 Å². The summed E-state index contributed by atoms with van der Waals surface area (Å²) in [4.78, 5) is 20.2. The van der Waals surface area contributed by atoms with E-state index in [1.165, 1.54) is 24.2 Å². The first kappa shape index (κ1) is 14.9. The molecule has 0 saturated heterocycles. The van der Waals surface area contributed by atoms with E-state index >= 15 is 0 Å². The third-order valence-corrected chi connectivity index (χ3v) is 8.84. The van der Waals surface area contributed by atoms with Crippen LogP contribution in [0.4, 0.5) is 0 Å². The Morgan fingerprint density at radius 3 is 2.96 bits per heavy atom. The molecule has 1 amide bonds. The number of nitrogens with one attached hydrogen (secondary N) is 1. The highest BCUT2D eigenvalue weighted by Crippen LogP contribution is 2.65. The molecule has 2 fully saturated rings. The molecule has 0 unspecified atom stereocenters. The summed E-state index contributed by atoms with van der Waals surface area (Å²) >= 11 is 3.12. The lowest BCUT2D eigenvalue weighted by Gasteiger charge is -2.39. The number of fused-ring (bicyclic) bond motifs is 5. The number of hydrogen-bond donors (Lipinski definition) is 1. The van der Waals surface area contributed by atoms with Crippen LogP contribution in [0.1, 0.15) is 49.7 Å². The molecular weight excluding hydrogens is 338 g/mol. The van der Waals surface area contributed by atoms with Crippen LogP contribution in [-0.2, 0) is 0 Å². The van der Waals surface area contributed by atoms with Gasteiger partial charge < -0.3 is 5.32 Å². The van der Waals surface area contributed by atoms with Crippen molar-refractivity contribution in [2.75, 3.05) is 0 Å². The number of amides is 1. The Kier molecular flexibility index (Phi) is 2.86. The fourth-order valence-corrected chi connectivity index (χ4v) is 6.71. The van der Waals surface area contributed by atoms with E-state index in [9.17, 15) is 4.79 Å². The molecule has 3 atom stereocenters. The predicted molar refractivity (Wildman–Crippen MR) is 98.9 cm³/mol. The number of aromatic nitrogens is 2. The van der Waals surface area contributed by atoms with Crippen molar-refractivity contribution in [2.24, 2.45) is 16.7 Å². The molecule has 2 aliphatic rings. The standard InChI is InChI=1S/C18H21N3OS2/c1-17(2)10-4-5-18(17,3)13(8-10)19-14(22)12-9-11-15(24-12)20-16-21(11)6-7-23-16/h6-7,9-10,13H,4-5,8H2,1-3H3,(H,19,22)/t10-,13-,18-/m0/s1. The molecule has 4 nitrogen and oxygen atoms in total. The summed E-state index contributed by atoms with van der Waals surface area (Å²) in [5.41, 5.74) is 1.58. The quantitative estimate of drug-likeness (QED) is 0.729. The van der Waals surface area contributed by atoms with Gasteiger partial charge in [-0.1, -0.05) is 20.8 Å². The SMILES string of the molecule is CC1(C)[C@H]2CC[C@@]1(C)[C@@H](NC(=O)c1cc3c(nc4sccn43)s1)C2. The molecule has 24 heavy (non-hydrogen) atoms. The summed E-state index contributed by atoms with van der Waals surface area (Å²) in [5.74, 6) is 0.802. The fourth-order valence-electron chi connectivity index (χ4n) is 5.01. The van der Waals surface area contributed by atoms with E-state index in [1.807, 2.05) is 17.6 Å². The van der Waals surface area contributed by atoms with Gasteiger partial charge in [0.25, 0.3) is 5.91 Å². The Morgan fingerprint density at radius 2 is 2.25 bits per heavy atom. The normalized spacial score (nSPS) is 31.3. The summed E-state index contributed by atoms with van der Waals surface area (Å²) in [6.45, 7) is 7.12. The molecule has 6 heteroatoms. The van der Waals surface area contributed by atoms with E-state index in [1.54, 1.807) is 11.3 Å². The van der Waals surface area contributed by atoms with Crippen LogP contribution in [0.3, 0.4) is 0 Å². The molecule has 126 valence electrons. The van der Waals surface area contributed by atoms with Crippen LogP contribution in [-0.4, -0.2) is 21.3 Å². The largest absolute Gasteiger partial charge is 0.348 e. The van der Waals surface area contributed by atoms with Crippen LogP contribution < -0.4 is 5.32 Å². The number of nitrogens with zero attached hydrogens (tertiary/aromatic N) is 2. The maximum Gasteiger partial charge on any atom is 0.261 e. The first-order valence-electron chi connectivity index (χ1n) is 8.56. The van der Waals surface area contributed by atoms with Gasteiger partial charge in [-0.2, -0.15) is 0 Å². The van der Waals surface area contributed by atoms with Gasteiger partial charge in [0.05, 0.1) is 10.4 Å². The Hall–Kier alpha value is -1.40. The van der Waals surface area contributed by atoms with Crippen molar-refractivity contribution in [1.29, 1.82) is 0 Å². The fraction of sp³-hybridized carbons (Fsp3) is 0.556. The van der Waals surface area contributed by atoms with E-state index < -0.39 is 0 Å². The van der Waals surface area contributed by atoms with E-state index in [-0.39, 0.29) is 17.4 Å². The van der Waals surface area contributed by atoms with Crippen LogP contribution >= 0.6 is 22.7 Å². The summed E-state index contributed by atoms with van der Waals surface area (Å²) in [7, 11) is 0. The first-order valence-corrected chi connectivity index (χ1v) is 10.3. The van der Waals surface area contributed by atoms with Crippen LogP contribution in [0.15, 0.2) is 17.6 Å². The number of imidazole rings is 1. The molecule has 3 heterocycles. The molecule has 3 aromatic rings. The lowest BCUT2D eigenvalue weighted by molar-refractivity contribution is 0.0830. The van der Waals surface area contributed by atoms with Crippen molar-refractivity contribution in [3.8, 4) is 0 Å². The van der Waals surface area contributed by atoms with Crippen molar-refractivity contribution in [3.05, 3.63) is 22.5 Å². The van der Waals surface area contributed by atoms with Gasteiger partial charge in [0.2, 0.25) is 0 Å². The van der Waals surface area contributed by atoms with Crippen LogP contribution in [0.5, 0.6) is 0 Å². The maximum atomic E-state index is 12.8. The van der Waals surface area contributed by atoms with Crippen LogP contribution in [0.2, 0.25) is 0 Å². The Labute approximate surface area is 148 Å². The molecule has 0 aliphatic heterocycles. The van der Waals surface area contributed by atoms with Crippen LogP contribution in [0.25, 0.3) is 15.3 Å². The molecule has 5 rings (SSSR count). The highest BCUT2D eigenvalue weighted by Gasteiger charge is 2.61. The number of hydrogen-bond acceptors (Lipinski definition) is 4. The Bertz CT molecular complexity index is 966. The summed E-state index contributed by atoms with van der Waals surface area (Å²) in [6, 6.07) is 2.28. The summed E-state index contributed by atoms with van der Waals surface area (Å²) in [6.07, 6.45) is 5.66. The second-order valence-corrected chi connectivity index (χ2v) is 10.0. The molecule has 2 aliphatic carbocycles. The van der Waals surface area contributed by atoms with Crippen molar-refractivity contribution in [1.82, 2.24) is 14.7 Å². The van der Waals surface area contributed by atoms with Crippen molar-refractivity contribution < 1.29 is 4.79 Å². The topological polar surface area (TPSA) is 46.4 Å². The molecule has 3 aromatic heterocycles. The molecule has 2 bridgehead atoms. The van der Waals surface area contributed by atoms with Crippen molar-refractivity contribution >= 4 is 43.9 Å². The molecule has 0 radical (unpaired) electrons. The van der Waals surface area contributed by atoms with Gasteiger partial charge in [-0.25, -0.2) is 4.98 Å². The minimum atomic E-state index is 0.0663. The number of carbonyl (C=O) groups excluding carboxylic acids is 1. The first-order chi connectivity index (χ1) is 11.4. The highest BCUT2D eigenvalue weighted by atomic mass is 32.1. The molecule has 2 saturated carbocycles. The summed E-state index contributed by atoms with van der Waals surface area (Å²) in [5, 5.41) is 5.38. The molecule has 1 N–H and O–H groups in total. The Morgan fingerprint density at radius 1 is 1.42 bits per heavy atom. The predicted octanol–water partition coefficient (Wildman–Crippen LogP) is 4.56. The van der Waals surface area contributed by atoms with E-state index in [0.29, 0.717) is 5.41 Å². The van der Waals surface area contributed by atoms with Crippen molar-refractivity contribution in [3.63, 3.8) is 0 Å². The zero-order valence-electron chi connectivity index (χ0n) is 14.1. The van der Waals surface area contributed by atoms with Gasteiger partial charge in [-0.05, 0) is 42.1 Å².